The van der Waals surface area contributed by atoms with Crippen LogP contribution >= 0.6 is 0 Å². The summed E-state index contributed by atoms with van der Waals surface area (Å²) in [5.41, 5.74) is 2.03. The summed E-state index contributed by atoms with van der Waals surface area (Å²) in [4.78, 5) is 20.8. The van der Waals surface area contributed by atoms with E-state index in [9.17, 15) is 4.79 Å². The zero-order valence-electron chi connectivity index (χ0n) is 9.56. The first-order valence-electron chi connectivity index (χ1n) is 5.36. The molecule has 90 valence electrons. The van der Waals surface area contributed by atoms with Gasteiger partial charge in [0.2, 0.25) is 0 Å². The molecule has 1 aromatic carbocycles. The summed E-state index contributed by atoms with van der Waals surface area (Å²) in [5, 5.41) is 10.7. The lowest BCUT2D eigenvalue weighted by molar-refractivity contribution is 0.981. The van der Waals surface area contributed by atoms with E-state index in [1.54, 1.807) is 19.3 Å². The van der Waals surface area contributed by atoms with Crippen molar-refractivity contribution in [2.45, 2.75) is 0 Å². The number of benzene rings is 1. The minimum atomic E-state index is -0.231. The van der Waals surface area contributed by atoms with Crippen molar-refractivity contribution in [2.75, 3.05) is 12.4 Å². The Bertz CT molecular complexity index is 759. The number of hydrogen-bond donors (Lipinski definition) is 3. The fraction of sp³-hybridized carbons (Fsp3) is 0.0909. The topological polar surface area (TPSA) is 99.4 Å². The van der Waals surface area contributed by atoms with Gasteiger partial charge in [0, 0.05) is 12.6 Å². The van der Waals surface area contributed by atoms with Crippen molar-refractivity contribution in [3.8, 4) is 11.4 Å². The molecule has 0 fully saturated rings. The molecule has 0 amide bonds. The van der Waals surface area contributed by atoms with E-state index in [-0.39, 0.29) is 5.69 Å². The first-order chi connectivity index (χ1) is 8.76. The molecule has 7 nitrogen and oxygen atoms in total. The molecule has 0 unspecified atom stereocenters. The van der Waals surface area contributed by atoms with Crippen LogP contribution < -0.4 is 11.0 Å². The number of imidazole rings is 1. The Labute approximate surface area is 101 Å². The molecule has 3 aromatic rings. The van der Waals surface area contributed by atoms with Gasteiger partial charge < -0.3 is 15.3 Å². The Morgan fingerprint density at radius 2 is 2.06 bits per heavy atom. The van der Waals surface area contributed by atoms with E-state index in [1.165, 1.54) is 0 Å². The third-order valence-electron chi connectivity index (χ3n) is 2.59. The van der Waals surface area contributed by atoms with E-state index in [2.05, 4.69) is 30.5 Å². The molecular formula is C11H10N6O. The van der Waals surface area contributed by atoms with Crippen molar-refractivity contribution in [1.29, 1.82) is 0 Å². The SMILES string of the molecule is CNc1cnnc(-c2ccc3[nH]c(=O)[nH]c3c2)n1. The number of nitrogens with one attached hydrogen (secondary N) is 3. The van der Waals surface area contributed by atoms with Crippen LogP contribution in [0, 0.1) is 0 Å². The smallest absolute Gasteiger partial charge is 0.323 e. The van der Waals surface area contributed by atoms with Crippen LogP contribution in [0.2, 0.25) is 0 Å². The highest BCUT2D eigenvalue weighted by atomic mass is 16.1. The second-order valence-electron chi connectivity index (χ2n) is 3.75. The summed E-state index contributed by atoms with van der Waals surface area (Å²) in [6.45, 7) is 0. The molecule has 0 radical (unpaired) electrons. The minimum Gasteiger partial charge on any atom is -0.372 e. The van der Waals surface area contributed by atoms with E-state index in [0.29, 0.717) is 11.6 Å². The minimum absolute atomic E-state index is 0.231. The zero-order chi connectivity index (χ0) is 12.5. The van der Waals surface area contributed by atoms with Crippen LogP contribution in [-0.4, -0.2) is 32.2 Å². The maximum absolute atomic E-state index is 11.2. The number of aromatic amines is 2. The number of nitrogens with zero attached hydrogens (tertiary/aromatic N) is 3. The molecule has 0 saturated carbocycles. The van der Waals surface area contributed by atoms with Crippen LogP contribution in [0.1, 0.15) is 0 Å². The van der Waals surface area contributed by atoms with E-state index in [0.717, 1.165) is 16.6 Å². The number of fused-ring (bicyclic) bond motifs is 1. The predicted octanol–water partition coefficient (Wildman–Crippen LogP) is 0.750. The van der Waals surface area contributed by atoms with Crippen molar-refractivity contribution in [3.63, 3.8) is 0 Å². The van der Waals surface area contributed by atoms with Crippen LogP contribution in [0.3, 0.4) is 0 Å². The van der Waals surface area contributed by atoms with Crippen molar-refractivity contribution in [2.24, 2.45) is 0 Å². The van der Waals surface area contributed by atoms with Gasteiger partial charge in [0.25, 0.3) is 0 Å². The van der Waals surface area contributed by atoms with Gasteiger partial charge in [-0.25, -0.2) is 9.78 Å². The second-order valence-corrected chi connectivity index (χ2v) is 3.75. The van der Waals surface area contributed by atoms with Gasteiger partial charge in [-0.15, -0.1) is 5.10 Å². The van der Waals surface area contributed by atoms with E-state index in [1.807, 2.05) is 12.1 Å². The number of aromatic nitrogens is 5. The van der Waals surface area contributed by atoms with Gasteiger partial charge in [-0.3, -0.25) is 0 Å². The number of anilines is 1. The fourth-order valence-electron chi connectivity index (χ4n) is 1.72. The van der Waals surface area contributed by atoms with Gasteiger partial charge in [-0.2, -0.15) is 5.10 Å². The Kier molecular flexibility index (Phi) is 2.30. The molecule has 0 saturated heterocycles. The first kappa shape index (κ1) is 10.5. The average Bonchev–Trinajstić information content (AvgIpc) is 2.77. The summed E-state index contributed by atoms with van der Waals surface area (Å²) in [6.07, 6.45) is 1.54. The maximum atomic E-state index is 11.2. The summed E-state index contributed by atoms with van der Waals surface area (Å²) in [6, 6.07) is 5.45. The molecule has 0 spiro atoms. The van der Waals surface area contributed by atoms with Crippen molar-refractivity contribution < 1.29 is 0 Å². The summed E-state index contributed by atoms with van der Waals surface area (Å²) >= 11 is 0. The second kappa shape index (κ2) is 3.95. The number of rotatable bonds is 2. The highest BCUT2D eigenvalue weighted by Crippen LogP contribution is 2.19. The Balaban J connectivity index is 2.15. The van der Waals surface area contributed by atoms with Crippen LogP contribution in [-0.2, 0) is 0 Å². The molecule has 0 aliphatic carbocycles. The van der Waals surface area contributed by atoms with E-state index in [4.69, 9.17) is 0 Å². The van der Waals surface area contributed by atoms with Crippen molar-refractivity contribution >= 4 is 16.9 Å². The predicted molar refractivity (Wildman–Crippen MR) is 67.3 cm³/mol. The monoisotopic (exact) mass is 242 g/mol. The first-order valence-corrected chi connectivity index (χ1v) is 5.36. The van der Waals surface area contributed by atoms with Gasteiger partial charge in [0.1, 0.15) is 5.82 Å². The fourth-order valence-corrected chi connectivity index (χ4v) is 1.72. The van der Waals surface area contributed by atoms with E-state index >= 15 is 0 Å². The third-order valence-corrected chi connectivity index (χ3v) is 2.59. The van der Waals surface area contributed by atoms with Gasteiger partial charge in [-0.05, 0) is 18.2 Å². The molecule has 7 heteroatoms. The summed E-state index contributed by atoms with van der Waals surface area (Å²) in [5.74, 6) is 1.15. The molecule has 2 heterocycles. The van der Waals surface area contributed by atoms with Gasteiger partial charge >= 0.3 is 5.69 Å². The molecular weight excluding hydrogens is 232 g/mol. The lowest BCUT2D eigenvalue weighted by Gasteiger charge is -2.01. The number of hydrogen-bond acceptors (Lipinski definition) is 5. The largest absolute Gasteiger partial charge is 0.372 e. The van der Waals surface area contributed by atoms with Crippen LogP contribution in [0.5, 0.6) is 0 Å². The average molecular weight is 242 g/mol. The lowest BCUT2D eigenvalue weighted by atomic mass is 10.2. The maximum Gasteiger partial charge on any atom is 0.323 e. The van der Waals surface area contributed by atoms with Crippen molar-refractivity contribution in [3.05, 3.63) is 34.9 Å². The lowest BCUT2D eigenvalue weighted by Crippen LogP contribution is -1.99. The van der Waals surface area contributed by atoms with Gasteiger partial charge in [0.15, 0.2) is 5.82 Å². The van der Waals surface area contributed by atoms with Crippen LogP contribution in [0.4, 0.5) is 5.82 Å². The third kappa shape index (κ3) is 1.71. The standard InChI is InChI=1S/C11H10N6O/c1-12-9-5-13-17-10(16-9)6-2-3-7-8(4-6)15-11(18)14-7/h2-5H,1H3,(H,12,16,17)(H2,14,15,18). The highest BCUT2D eigenvalue weighted by Gasteiger charge is 2.05. The van der Waals surface area contributed by atoms with Crippen LogP contribution in [0.15, 0.2) is 29.2 Å². The molecule has 3 rings (SSSR count). The van der Waals surface area contributed by atoms with Gasteiger partial charge in [-0.1, -0.05) is 0 Å². The molecule has 18 heavy (non-hydrogen) atoms. The molecule has 0 bridgehead atoms. The van der Waals surface area contributed by atoms with Crippen molar-refractivity contribution in [1.82, 2.24) is 25.1 Å². The van der Waals surface area contributed by atoms with Crippen LogP contribution in [0.25, 0.3) is 22.4 Å². The molecule has 0 aliphatic heterocycles. The molecule has 3 N–H and O–H groups in total. The Morgan fingerprint density at radius 1 is 1.22 bits per heavy atom. The summed E-state index contributed by atoms with van der Waals surface area (Å²) < 4.78 is 0. The quantitative estimate of drug-likeness (QED) is 0.615. The molecule has 2 aromatic heterocycles. The Morgan fingerprint density at radius 3 is 2.89 bits per heavy atom. The normalized spacial score (nSPS) is 10.7. The molecule has 0 aliphatic rings. The van der Waals surface area contributed by atoms with Gasteiger partial charge in [0.05, 0.1) is 17.2 Å². The zero-order valence-corrected chi connectivity index (χ0v) is 9.56. The summed E-state index contributed by atoms with van der Waals surface area (Å²) in [7, 11) is 1.76. The highest BCUT2D eigenvalue weighted by molar-refractivity contribution is 5.79. The number of H-pyrrole nitrogens is 2. The molecule has 0 atom stereocenters. The Hall–Kier alpha value is -2.70. The van der Waals surface area contributed by atoms with E-state index < -0.39 is 0 Å².